The molecule has 0 unspecified atom stereocenters. The van der Waals surface area contributed by atoms with Gasteiger partial charge in [0, 0.05) is 0 Å². The molecule has 2 aromatic rings. The lowest BCUT2D eigenvalue weighted by Gasteiger charge is -2.04. The molecule has 17 heavy (non-hydrogen) atoms. The van der Waals surface area contributed by atoms with Gasteiger partial charge in [-0.3, -0.25) is 0 Å². The number of aromatic carboxylic acids is 1. The highest BCUT2D eigenvalue weighted by Crippen LogP contribution is 2.14. The summed E-state index contributed by atoms with van der Waals surface area (Å²) < 4.78 is 6.70. The monoisotopic (exact) mass is 233 g/mol. The van der Waals surface area contributed by atoms with Crippen molar-refractivity contribution >= 4 is 5.97 Å². The zero-order valence-corrected chi connectivity index (χ0v) is 9.20. The zero-order chi connectivity index (χ0) is 12.3. The molecule has 0 amide bonds. The number of nitrogens with zero attached hydrogens (tertiary/aromatic N) is 3. The van der Waals surface area contributed by atoms with Crippen LogP contribution in [0.25, 0.3) is 5.69 Å². The van der Waals surface area contributed by atoms with Crippen LogP contribution >= 0.6 is 0 Å². The summed E-state index contributed by atoms with van der Waals surface area (Å²) in [6.07, 6.45) is 1.36. The van der Waals surface area contributed by atoms with Crippen molar-refractivity contribution in [3.63, 3.8) is 0 Å². The number of hydrogen-bond acceptors (Lipinski definition) is 4. The molecule has 6 nitrogen and oxygen atoms in total. The molecule has 0 aliphatic carbocycles. The minimum Gasteiger partial charge on any atom is -0.494 e. The van der Waals surface area contributed by atoms with E-state index in [4.69, 9.17) is 9.84 Å². The van der Waals surface area contributed by atoms with Gasteiger partial charge < -0.3 is 9.84 Å². The molecule has 2 rings (SSSR count). The number of aromatic nitrogens is 3. The quantitative estimate of drug-likeness (QED) is 0.862. The first-order valence-electron chi connectivity index (χ1n) is 5.09. The summed E-state index contributed by atoms with van der Waals surface area (Å²) >= 11 is 0. The van der Waals surface area contributed by atoms with E-state index in [1.165, 1.54) is 11.0 Å². The van der Waals surface area contributed by atoms with Gasteiger partial charge in [0.1, 0.15) is 12.1 Å². The Morgan fingerprint density at radius 2 is 2.12 bits per heavy atom. The largest absolute Gasteiger partial charge is 0.494 e. The van der Waals surface area contributed by atoms with E-state index in [0.717, 1.165) is 11.4 Å². The van der Waals surface area contributed by atoms with Gasteiger partial charge >= 0.3 is 5.97 Å². The number of carboxylic acid groups (broad SMARTS) is 1. The molecule has 0 spiro atoms. The van der Waals surface area contributed by atoms with Crippen molar-refractivity contribution in [3.05, 3.63) is 36.4 Å². The van der Waals surface area contributed by atoms with E-state index in [2.05, 4.69) is 10.1 Å². The Hall–Kier alpha value is -2.37. The summed E-state index contributed by atoms with van der Waals surface area (Å²) in [6.45, 7) is 2.51. The molecule has 0 bridgehead atoms. The van der Waals surface area contributed by atoms with Crippen LogP contribution in [-0.4, -0.2) is 32.4 Å². The lowest BCUT2D eigenvalue weighted by atomic mass is 10.3. The first-order valence-corrected chi connectivity index (χ1v) is 5.09. The van der Waals surface area contributed by atoms with Crippen LogP contribution in [0.4, 0.5) is 0 Å². The molecule has 1 aromatic carbocycles. The van der Waals surface area contributed by atoms with E-state index in [1.54, 1.807) is 24.3 Å². The van der Waals surface area contributed by atoms with Crippen LogP contribution in [-0.2, 0) is 0 Å². The number of carbonyl (C=O) groups is 1. The van der Waals surface area contributed by atoms with Gasteiger partial charge in [0.2, 0.25) is 0 Å². The van der Waals surface area contributed by atoms with Crippen molar-refractivity contribution in [1.29, 1.82) is 0 Å². The number of carboxylic acids is 1. The fourth-order valence-electron chi connectivity index (χ4n) is 1.35. The predicted octanol–water partition coefficient (Wildman–Crippen LogP) is 1.36. The van der Waals surface area contributed by atoms with Crippen LogP contribution in [0.2, 0.25) is 0 Å². The van der Waals surface area contributed by atoms with Crippen molar-refractivity contribution in [3.8, 4) is 11.4 Å². The van der Waals surface area contributed by atoms with E-state index in [1.807, 2.05) is 6.92 Å². The Kier molecular flexibility index (Phi) is 3.04. The zero-order valence-electron chi connectivity index (χ0n) is 9.20. The predicted molar refractivity (Wildman–Crippen MR) is 59.5 cm³/mol. The van der Waals surface area contributed by atoms with Gasteiger partial charge in [0.15, 0.2) is 0 Å². The third kappa shape index (κ3) is 2.41. The Morgan fingerprint density at radius 1 is 1.41 bits per heavy atom. The molecule has 6 heteroatoms. The van der Waals surface area contributed by atoms with Crippen molar-refractivity contribution in [1.82, 2.24) is 14.8 Å². The minimum atomic E-state index is -1.14. The molecule has 0 fully saturated rings. The second-order valence-electron chi connectivity index (χ2n) is 3.24. The molecule has 1 N–H and O–H groups in total. The van der Waals surface area contributed by atoms with Gasteiger partial charge in [-0.15, -0.1) is 5.10 Å². The summed E-state index contributed by atoms with van der Waals surface area (Å²) in [4.78, 5) is 14.3. The van der Waals surface area contributed by atoms with Gasteiger partial charge in [-0.1, -0.05) is 0 Å². The Morgan fingerprint density at radius 3 is 2.65 bits per heavy atom. The number of rotatable bonds is 4. The average molecular weight is 233 g/mol. The highest BCUT2D eigenvalue weighted by molar-refractivity contribution is 5.82. The van der Waals surface area contributed by atoms with Gasteiger partial charge in [-0.2, -0.15) is 0 Å². The van der Waals surface area contributed by atoms with E-state index >= 15 is 0 Å². The summed E-state index contributed by atoms with van der Waals surface area (Å²) in [6, 6.07) is 7.15. The third-order valence-electron chi connectivity index (χ3n) is 2.10. The van der Waals surface area contributed by atoms with E-state index in [9.17, 15) is 4.79 Å². The molecule has 0 radical (unpaired) electrons. The lowest BCUT2D eigenvalue weighted by Crippen LogP contribution is -2.01. The van der Waals surface area contributed by atoms with E-state index in [-0.39, 0.29) is 5.82 Å². The third-order valence-corrected chi connectivity index (χ3v) is 2.10. The van der Waals surface area contributed by atoms with Gasteiger partial charge in [-0.05, 0) is 31.2 Å². The standard InChI is InChI=1S/C11H11N3O3/c1-2-17-9-5-3-8(4-6-9)14-7-12-10(13-14)11(15)16/h3-7H,2H2,1H3,(H,15,16). The molecule has 0 saturated heterocycles. The summed E-state index contributed by atoms with van der Waals surface area (Å²) in [5, 5.41) is 12.5. The second-order valence-corrected chi connectivity index (χ2v) is 3.24. The summed E-state index contributed by atoms with van der Waals surface area (Å²) in [5.74, 6) is -0.608. The van der Waals surface area contributed by atoms with Crippen LogP contribution in [0.1, 0.15) is 17.5 Å². The highest BCUT2D eigenvalue weighted by atomic mass is 16.5. The molecular formula is C11H11N3O3. The summed E-state index contributed by atoms with van der Waals surface area (Å²) in [5.41, 5.74) is 0.730. The van der Waals surface area contributed by atoms with Crippen molar-refractivity contribution in [2.75, 3.05) is 6.61 Å². The minimum absolute atomic E-state index is 0.223. The van der Waals surface area contributed by atoms with Crippen molar-refractivity contribution < 1.29 is 14.6 Å². The SMILES string of the molecule is CCOc1ccc(-n2cnc(C(=O)O)n2)cc1. The highest BCUT2D eigenvalue weighted by Gasteiger charge is 2.09. The average Bonchev–Trinajstić information content (AvgIpc) is 2.80. The molecule has 1 aromatic heterocycles. The number of ether oxygens (including phenoxy) is 1. The Balaban J connectivity index is 2.23. The fraction of sp³-hybridized carbons (Fsp3) is 0.182. The number of benzene rings is 1. The van der Waals surface area contributed by atoms with Crippen LogP contribution in [0.5, 0.6) is 5.75 Å². The first-order chi connectivity index (χ1) is 8.20. The van der Waals surface area contributed by atoms with E-state index in [0.29, 0.717) is 6.61 Å². The molecule has 0 aliphatic heterocycles. The molecule has 0 atom stereocenters. The Labute approximate surface area is 97.5 Å². The van der Waals surface area contributed by atoms with Crippen LogP contribution in [0, 0.1) is 0 Å². The second kappa shape index (κ2) is 4.65. The fourth-order valence-corrected chi connectivity index (χ4v) is 1.35. The molecule has 0 aliphatic rings. The first kappa shape index (κ1) is 11.1. The summed E-state index contributed by atoms with van der Waals surface area (Å²) in [7, 11) is 0. The molecule has 88 valence electrons. The van der Waals surface area contributed by atoms with Crippen molar-refractivity contribution in [2.24, 2.45) is 0 Å². The van der Waals surface area contributed by atoms with Gasteiger partial charge in [0.25, 0.3) is 5.82 Å². The van der Waals surface area contributed by atoms with Crippen molar-refractivity contribution in [2.45, 2.75) is 6.92 Å². The van der Waals surface area contributed by atoms with Crippen LogP contribution in [0.3, 0.4) is 0 Å². The normalized spacial score (nSPS) is 10.2. The maximum absolute atomic E-state index is 10.6. The molecule has 1 heterocycles. The number of hydrogen-bond donors (Lipinski definition) is 1. The van der Waals surface area contributed by atoms with Gasteiger partial charge in [-0.25, -0.2) is 14.5 Å². The van der Waals surface area contributed by atoms with Crippen LogP contribution in [0.15, 0.2) is 30.6 Å². The molecular weight excluding hydrogens is 222 g/mol. The smallest absolute Gasteiger partial charge is 0.375 e. The topological polar surface area (TPSA) is 77.2 Å². The maximum Gasteiger partial charge on any atom is 0.375 e. The molecule has 0 saturated carbocycles. The maximum atomic E-state index is 10.6. The van der Waals surface area contributed by atoms with E-state index < -0.39 is 5.97 Å². The van der Waals surface area contributed by atoms with Crippen LogP contribution < -0.4 is 4.74 Å². The lowest BCUT2D eigenvalue weighted by molar-refractivity contribution is 0.0683. The van der Waals surface area contributed by atoms with Gasteiger partial charge in [0.05, 0.1) is 12.3 Å². The Bertz CT molecular complexity index is 519.